The van der Waals surface area contributed by atoms with Gasteiger partial charge in [-0.2, -0.15) is 0 Å². The van der Waals surface area contributed by atoms with E-state index in [9.17, 15) is 9.59 Å². The Balaban J connectivity index is 1.57. The first kappa shape index (κ1) is 22.1. The predicted molar refractivity (Wildman–Crippen MR) is 129 cm³/mol. The number of fused-ring (bicyclic) bond motifs is 1. The molecule has 0 bridgehead atoms. The Hall–Kier alpha value is -4.06. The van der Waals surface area contributed by atoms with Crippen molar-refractivity contribution in [1.29, 1.82) is 0 Å². The average molecular weight is 443 g/mol. The van der Waals surface area contributed by atoms with Crippen LogP contribution in [0.25, 0.3) is 22.2 Å². The van der Waals surface area contributed by atoms with Crippen LogP contribution in [-0.2, 0) is 11.2 Å². The molecule has 0 radical (unpaired) electrons. The van der Waals surface area contributed by atoms with E-state index in [1.807, 2.05) is 79.7 Å². The second-order valence-corrected chi connectivity index (χ2v) is 7.88. The zero-order chi connectivity index (χ0) is 23.4. The smallest absolute Gasteiger partial charge is 0.292 e. The van der Waals surface area contributed by atoms with Crippen LogP contribution in [0.5, 0.6) is 11.5 Å². The molecule has 0 spiro atoms. The van der Waals surface area contributed by atoms with Crippen LogP contribution in [0.4, 0.5) is 0 Å². The van der Waals surface area contributed by atoms with Crippen LogP contribution < -0.4 is 14.8 Å². The number of H-pyrrole nitrogens is 1. The molecule has 1 aromatic heterocycles. The standard InChI is InChI=1S/C27H26N2O4/c1-17(15-18-13-14-22(32-2)23(16-18)33-3)28-27(31)26(30)24-20-11-7-8-12-21(20)29-25(24)19-9-5-4-6-10-19/h4-14,16-17,29H,15H2,1-3H3,(H,28,31)/t17-/m1/s1. The second-order valence-electron chi connectivity index (χ2n) is 7.88. The molecule has 3 aromatic carbocycles. The van der Waals surface area contributed by atoms with Crippen LogP contribution in [0.15, 0.2) is 72.8 Å². The van der Waals surface area contributed by atoms with E-state index in [-0.39, 0.29) is 6.04 Å². The van der Waals surface area contributed by atoms with Crippen LogP contribution in [0.3, 0.4) is 0 Å². The minimum atomic E-state index is -0.634. The quantitative estimate of drug-likeness (QED) is 0.304. The van der Waals surface area contributed by atoms with Crippen molar-refractivity contribution in [3.63, 3.8) is 0 Å². The summed E-state index contributed by atoms with van der Waals surface area (Å²) < 4.78 is 10.6. The molecule has 0 unspecified atom stereocenters. The topological polar surface area (TPSA) is 80.4 Å². The van der Waals surface area contributed by atoms with E-state index < -0.39 is 11.7 Å². The molecular weight excluding hydrogens is 416 g/mol. The van der Waals surface area contributed by atoms with Crippen molar-refractivity contribution in [2.24, 2.45) is 0 Å². The predicted octanol–water partition coefficient (Wildman–Crippen LogP) is 4.78. The van der Waals surface area contributed by atoms with Gasteiger partial charge in [0.2, 0.25) is 0 Å². The number of ketones is 1. The number of hydrogen-bond donors (Lipinski definition) is 2. The summed E-state index contributed by atoms with van der Waals surface area (Å²) in [5, 5.41) is 3.58. The summed E-state index contributed by atoms with van der Waals surface area (Å²) in [6.45, 7) is 1.87. The van der Waals surface area contributed by atoms with Gasteiger partial charge in [-0.3, -0.25) is 9.59 Å². The fourth-order valence-corrected chi connectivity index (χ4v) is 4.01. The minimum Gasteiger partial charge on any atom is -0.493 e. The number of nitrogens with one attached hydrogen (secondary N) is 2. The van der Waals surface area contributed by atoms with Gasteiger partial charge in [0, 0.05) is 16.9 Å². The highest BCUT2D eigenvalue weighted by atomic mass is 16.5. The highest BCUT2D eigenvalue weighted by Crippen LogP contribution is 2.31. The molecule has 0 aliphatic rings. The van der Waals surface area contributed by atoms with E-state index in [1.54, 1.807) is 14.2 Å². The van der Waals surface area contributed by atoms with E-state index in [0.29, 0.717) is 29.2 Å². The van der Waals surface area contributed by atoms with E-state index in [0.717, 1.165) is 22.0 Å². The van der Waals surface area contributed by atoms with Crippen molar-refractivity contribution in [2.75, 3.05) is 14.2 Å². The normalized spacial score (nSPS) is 11.7. The lowest BCUT2D eigenvalue weighted by Crippen LogP contribution is -2.38. The molecule has 2 N–H and O–H groups in total. The number of ether oxygens (including phenoxy) is 2. The first-order valence-electron chi connectivity index (χ1n) is 10.7. The summed E-state index contributed by atoms with van der Waals surface area (Å²) >= 11 is 0. The van der Waals surface area contributed by atoms with Gasteiger partial charge in [0.15, 0.2) is 11.5 Å². The zero-order valence-electron chi connectivity index (χ0n) is 18.8. The number of benzene rings is 3. The molecule has 33 heavy (non-hydrogen) atoms. The molecule has 0 fully saturated rings. The van der Waals surface area contributed by atoms with E-state index in [2.05, 4.69) is 10.3 Å². The van der Waals surface area contributed by atoms with Gasteiger partial charge < -0.3 is 19.8 Å². The largest absolute Gasteiger partial charge is 0.493 e. The molecule has 1 amide bonds. The highest BCUT2D eigenvalue weighted by Gasteiger charge is 2.26. The lowest BCUT2D eigenvalue weighted by molar-refractivity contribution is -0.117. The minimum absolute atomic E-state index is 0.259. The van der Waals surface area contributed by atoms with Crippen LogP contribution in [-0.4, -0.2) is 36.9 Å². The Morgan fingerprint density at radius 1 is 0.909 bits per heavy atom. The lowest BCUT2D eigenvalue weighted by atomic mass is 10.0. The Morgan fingerprint density at radius 3 is 2.33 bits per heavy atom. The third kappa shape index (κ3) is 4.60. The number of methoxy groups -OCH3 is 2. The molecule has 0 saturated heterocycles. The molecule has 0 aliphatic heterocycles. The summed E-state index contributed by atoms with van der Waals surface area (Å²) in [5.41, 5.74) is 3.65. The summed E-state index contributed by atoms with van der Waals surface area (Å²) in [4.78, 5) is 29.6. The number of hydrogen-bond acceptors (Lipinski definition) is 4. The van der Waals surface area contributed by atoms with E-state index in [4.69, 9.17) is 9.47 Å². The van der Waals surface area contributed by atoms with Crippen LogP contribution in [0.2, 0.25) is 0 Å². The second kappa shape index (κ2) is 9.61. The van der Waals surface area contributed by atoms with Crippen molar-refractivity contribution >= 4 is 22.6 Å². The van der Waals surface area contributed by atoms with Crippen LogP contribution in [0, 0.1) is 0 Å². The zero-order valence-corrected chi connectivity index (χ0v) is 18.8. The van der Waals surface area contributed by atoms with Crippen LogP contribution in [0.1, 0.15) is 22.8 Å². The van der Waals surface area contributed by atoms with Gasteiger partial charge >= 0.3 is 0 Å². The number of Topliss-reactive ketones (excluding diaryl/α,β-unsaturated/α-hetero) is 1. The first-order valence-corrected chi connectivity index (χ1v) is 10.7. The van der Waals surface area contributed by atoms with Crippen molar-refractivity contribution in [1.82, 2.24) is 10.3 Å². The van der Waals surface area contributed by atoms with Crippen molar-refractivity contribution in [2.45, 2.75) is 19.4 Å². The number of aromatic nitrogens is 1. The van der Waals surface area contributed by atoms with Crippen molar-refractivity contribution < 1.29 is 19.1 Å². The number of amides is 1. The van der Waals surface area contributed by atoms with Gasteiger partial charge in [0.05, 0.1) is 25.5 Å². The van der Waals surface area contributed by atoms with Gasteiger partial charge in [-0.15, -0.1) is 0 Å². The molecular formula is C27H26N2O4. The third-order valence-electron chi connectivity index (χ3n) is 5.57. The Morgan fingerprint density at radius 2 is 1.61 bits per heavy atom. The maximum absolute atomic E-state index is 13.3. The maximum atomic E-state index is 13.3. The fraction of sp³-hybridized carbons (Fsp3) is 0.185. The fourth-order valence-electron chi connectivity index (χ4n) is 4.01. The Labute approximate surface area is 192 Å². The molecule has 6 heteroatoms. The summed E-state index contributed by atoms with van der Waals surface area (Å²) in [7, 11) is 3.16. The monoisotopic (exact) mass is 442 g/mol. The van der Waals surface area contributed by atoms with Gasteiger partial charge in [0.1, 0.15) is 0 Å². The molecule has 6 nitrogen and oxygen atoms in total. The molecule has 1 heterocycles. The Kier molecular flexibility index (Phi) is 6.45. The lowest BCUT2D eigenvalue weighted by Gasteiger charge is -2.15. The van der Waals surface area contributed by atoms with E-state index >= 15 is 0 Å². The van der Waals surface area contributed by atoms with Gasteiger partial charge in [0.25, 0.3) is 11.7 Å². The maximum Gasteiger partial charge on any atom is 0.292 e. The van der Waals surface area contributed by atoms with Gasteiger partial charge in [-0.05, 0) is 42.7 Å². The third-order valence-corrected chi connectivity index (χ3v) is 5.57. The highest BCUT2D eigenvalue weighted by molar-refractivity contribution is 6.46. The SMILES string of the molecule is COc1ccc(C[C@@H](C)NC(=O)C(=O)c2c(-c3ccccc3)[nH]c3ccccc23)cc1OC. The number of carbonyl (C=O) groups is 2. The average Bonchev–Trinajstić information content (AvgIpc) is 3.23. The van der Waals surface area contributed by atoms with Gasteiger partial charge in [-0.25, -0.2) is 0 Å². The molecule has 0 aliphatic carbocycles. The van der Waals surface area contributed by atoms with Crippen LogP contribution >= 0.6 is 0 Å². The number of para-hydroxylation sites is 1. The number of rotatable bonds is 8. The summed E-state index contributed by atoms with van der Waals surface area (Å²) in [6, 6.07) is 22.4. The molecule has 4 aromatic rings. The number of aromatic amines is 1. The summed E-state index contributed by atoms with van der Waals surface area (Å²) in [6.07, 6.45) is 0.540. The first-order chi connectivity index (χ1) is 16.0. The number of carbonyl (C=O) groups excluding carboxylic acids is 2. The van der Waals surface area contributed by atoms with Gasteiger partial charge in [-0.1, -0.05) is 54.6 Å². The Bertz CT molecular complexity index is 1290. The van der Waals surface area contributed by atoms with Crippen molar-refractivity contribution in [3.05, 3.63) is 83.9 Å². The summed E-state index contributed by atoms with van der Waals surface area (Å²) in [5.74, 6) is 0.0622. The molecule has 0 saturated carbocycles. The van der Waals surface area contributed by atoms with E-state index in [1.165, 1.54) is 0 Å². The molecule has 4 rings (SSSR count). The molecule has 168 valence electrons. The van der Waals surface area contributed by atoms with Crippen molar-refractivity contribution in [3.8, 4) is 22.8 Å². The molecule has 1 atom stereocenters.